The molecule has 3 aromatic carbocycles. The molecule has 0 bridgehead atoms. The third-order valence-corrected chi connectivity index (χ3v) is 4.52. The first kappa shape index (κ1) is 19.3. The molecule has 1 heterocycles. The van der Waals surface area contributed by atoms with Crippen molar-refractivity contribution in [3.05, 3.63) is 102 Å². The SMILES string of the molecule is Cc1ccc(NC(=O)c2cccc(Nc3ncc(-c4ccc(F)cc4)cn3)c2)cc1. The fourth-order valence-corrected chi connectivity index (χ4v) is 2.89. The number of anilines is 3. The van der Waals surface area contributed by atoms with Gasteiger partial charge < -0.3 is 10.6 Å². The van der Waals surface area contributed by atoms with Crippen LogP contribution in [0.15, 0.2) is 85.2 Å². The minimum atomic E-state index is -0.288. The number of nitrogens with one attached hydrogen (secondary N) is 2. The number of rotatable bonds is 5. The molecule has 4 rings (SSSR count). The Hall–Kier alpha value is -4.06. The van der Waals surface area contributed by atoms with Gasteiger partial charge in [-0.05, 0) is 55.0 Å². The van der Waals surface area contributed by atoms with Crippen LogP contribution < -0.4 is 10.6 Å². The van der Waals surface area contributed by atoms with Crippen LogP contribution in [0, 0.1) is 12.7 Å². The van der Waals surface area contributed by atoms with Gasteiger partial charge in [0.15, 0.2) is 0 Å². The molecule has 0 aliphatic carbocycles. The Morgan fingerprint density at radius 1 is 0.833 bits per heavy atom. The van der Waals surface area contributed by atoms with Crippen LogP contribution in [0.2, 0.25) is 0 Å². The normalized spacial score (nSPS) is 10.5. The van der Waals surface area contributed by atoms with Crippen molar-refractivity contribution in [2.24, 2.45) is 0 Å². The Morgan fingerprint density at radius 3 is 2.23 bits per heavy atom. The Kier molecular flexibility index (Phi) is 5.48. The van der Waals surface area contributed by atoms with Crippen LogP contribution in [0.4, 0.5) is 21.7 Å². The zero-order valence-electron chi connectivity index (χ0n) is 16.3. The van der Waals surface area contributed by atoms with E-state index >= 15 is 0 Å². The number of halogens is 1. The van der Waals surface area contributed by atoms with Crippen molar-refractivity contribution in [3.8, 4) is 11.1 Å². The third kappa shape index (κ3) is 4.67. The molecule has 2 N–H and O–H groups in total. The van der Waals surface area contributed by atoms with Gasteiger partial charge in [0, 0.05) is 34.9 Å². The van der Waals surface area contributed by atoms with E-state index in [0.717, 1.165) is 22.4 Å². The molecule has 1 aromatic heterocycles. The predicted octanol–water partition coefficient (Wildman–Crippen LogP) is 5.59. The second-order valence-electron chi connectivity index (χ2n) is 6.83. The number of hydrogen-bond donors (Lipinski definition) is 2. The smallest absolute Gasteiger partial charge is 0.255 e. The minimum absolute atomic E-state index is 0.199. The first-order valence-corrected chi connectivity index (χ1v) is 9.40. The molecule has 0 saturated heterocycles. The van der Waals surface area contributed by atoms with Crippen molar-refractivity contribution in [1.82, 2.24) is 9.97 Å². The molecule has 6 heteroatoms. The largest absolute Gasteiger partial charge is 0.324 e. The van der Waals surface area contributed by atoms with Gasteiger partial charge in [0.25, 0.3) is 5.91 Å². The summed E-state index contributed by atoms with van der Waals surface area (Å²) in [7, 11) is 0. The van der Waals surface area contributed by atoms with E-state index in [1.165, 1.54) is 12.1 Å². The molecule has 148 valence electrons. The van der Waals surface area contributed by atoms with Gasteiger partial charge in [-0.3, -0.25) is 4.79 Å². The first-order chi connectivity index (χ1) is 14.6. The number of benzene rings is 3. The maximum Gasteiger partial charge on any atom is 0.255 e. The molecular weight excluding hydrogens is 379 g/mol. The van der Waals surface area contributed by atoms with E-state index in [9.17, 15) is 9.18 Å². The molecule has 1 amide bonds. The van der Waals surface area contributed by atoms with Crippen LogP contribution in [-0.4, -0.2) is 15.9 Å². The summed E-state index contributed by atoms with van der Waals surface area (Å²) in [6.45, 7) is 2.00. The maximum absolute atomic E-state index is 13.1. The zero-order chi connectivity index (χ0) is 20.9. The lowest BCUT2D eigenvalue weighted by Gasteiger charge is -2.09. The van der Waals surface area contributed by atoms with Gasteiger partial charge in [-0.1, -0.05) is 35.9 Å². The van der Waals surface area contributed by atoms with Gasteiger partial charge in [-0.15, -0.1) is 0 Å². The van der Waals surface area contributed by atoms with Crippen molar-refractivity contribution >= 4 is 23.2 Å². The summed E-state index contributed by atoms with van der Waals surface area (Å²) in [6.07, 6.45) is 3.33. The van der Waals surface area contributed by atoms with Gasteiger partial charge in [0.05, 0.1) is 0 Å². The van der Waals surface area contributed by atoms with E-state index in [4.69, 9.17) is 0 Å². The Bertz CT molecular complexity index is 1160. The van der Waals surface area contributed by atoms with Crippen molar-refractivity contribution < 1.29 is 9.18 Å². The van der Waals surface area contributed by atoms with E-state index in [-0.39, 0.29) is 11.7 Å². The summed E-state index contributed by atoms with van der Waals surface area (Å²) in [5, 5.41) is 5.98. The molecule has 0 fully saturated rings. The lowest BCUT2D eigenvalue weighted by Crippen LogP contribution is -2.12. The van der Waals surface area contributed by atoms with Crippen LogP contribution in [-0.2, 0) is 0 Å². The molecule has 0 unspecified atom stereocenters. The van der Waals surface area contributed by atoms with Crippen LogP contribution in [0.3, 0.4) is 0 Å². The third-order valence-electron chi connectivity index (χ3n) is 4.52. The fraction of sp³-hybridized carbons (Fsp3) is 0.0417. The topological polar surface area (TPSA) is 66.9 Å². The lowest BCUT2D eigenvalue weighted by molar-refractivity contribution is 0.102. The van der Waals surface area contributed by atoms with E-state index in [0.29, 0.717) is 17.2 Å². The monoisotopic (exact) mass is 398 g/mol. The summed E-state index contributed by atoms with van der Waals surface area (Å²) < 4.78 is 13.1. The van der Waals surface area contributed by atoms with Gasteiger partial charge in [0.1, 0.15) is 5.82 Å². The second-order valence-corrected chi connectivity index (χ2v) is 6.83. The number of nitrogens with zero attached hydrogens (tertiary/aromatic N) is 2. The number of aromatic nitrogens is 2. The summed E-state index contributed by atoms with van der Waals surface area (Å²) >= 11 is 0. The fourth-order valence-electron chi connectivity index (χ4n) is 2.89. The molecule has 5 nitrogen and oxygen atoms in total. The van der Waals surface area contributed by atoms with Gasteiger partial charge in [-0.2, -0.15) is 0 Å². The highest BCUT2D eigenvalue weighted by Gasteiger charge is 2.08. The number of amides is 1. The molecular formula is C24H19FN4O. The Morgan fingerprint density at radius 2 is 1.53 bits per heavy atom. The summed E-state index contributed by atoms with van der Waals surface area (Å²) in [5.41, 5.74) is 4.70. The van der Waals surface area contributed by atoms with Gasteiger partial charge >= 0.3 is 0 Å². The maximum atomic E-state index is 13.1. The molecule has 0 aliphatic rings. The van der Waals surface area contributed by atoms with E-state index < -0.39 is 0 Å². The second kappa shape index (κ2) is 8.53. The highest BCUT2D eigenvalue weighted by Crippen LogP contribution is 2.20. The number of aryl methyl sites for hydroxylation is 1. The highest BCUT2D eigenvalue weighted by molar-refractivity contribution is 6.04. The van der Waals surface area contributed by atoms with Crippen molar-refractivity contribution in [2.45, 2.75) is 6.92 Å². The molecule has 0 radical (unpaired) electrons. The van der Waals surface area contributed by atoms with E-state index in [2.05, 4.69) is 20.6 Å². The number of hydrogen-bond acceptors (Lipinski definition) is 4. The predicted molar refractivity (Wildman–Crippen MR) is 116 cm³/mol. The molecule has 0 atom stereocenters. The van der Waals surface area contributed by atoms with E-state index in [1.807, 2.05) is 37.3 Å². The summed E-state index contributed by atoms with van der Waals surface area (Å²) in [4.78, 5) is 21.1. The highest BCUT2D eigenvalue weighted by atomic mass is 19.1. The molecule has 0 spiro atoms. The molecule has 30 heavy (non-hydrogen) atoms. The zero-order valence-corrected chi connectivity index (χ0v) is 16.3. The van der Waals surface area contributed by atoms with Crippen LogP contribution in [0.25, 0.3) is 11.1 Å². The van der Waals surface area contributed by atoms with E-state index in [1.54, 1.807) is 42.7 Å². The Labute approximate surface area is 173 Å². The average molecular weight is 398 g/mol. The summed E-state index contributed by atoms with van der Waals surface area (Å²) in [5.74, 6) is -0.0868. The van der Waals surface area contributed by atoms with Gasteiger partial charge in [-0.25, -0.2) is 14.4 Å². The lowest BCUT2D eigenvalue weighted by atomic mass is 10.1. The minimum Gasteiger partial charge on any atom is -0.324 e. The van der Waals surface area contributed by atoms with Crippen LogP contribution in [0.5, 0.6) is 0 Å². The van der Waals surface area contributed by atoms with Crippen LogP contribution >= 0.6 is 0 Å². The van der Waals surface area contributed by atoms with Crippen molar-refractivity contribution in [1.29, 1.82) is 0 Å². The van der Waals surface area contributed by atoms with Gasteiger partial charge in [0.2, 0.25) is 5.95 Å². The number of carbonyl (C=O) groups is 1. The van der Waals surface area contributed by atoms with Crippen molar-refractivity contribution in [3.63, 3.8) is 0 Å². The number of carbonyl (C=O) groups excluding carboxylic acids is 1. The Balaban J connectivity index is 1.45. The first-order valence-electron chi connectivity index (χ1n) is 9.40. The molecule has 4 aromatic rings. The van der Waals surface area contributed by atoms with Crippen LogP contribution in [0.1, 0.15) is 15.9 Å². The summed E-state index contributed by atoms with van der Waals surface area (Å²) in [6, 6.07) is 20.9. The standard InChI is InChI=1S/C24H19FN4O/c1-16-5-11-21(12-6-16)28-23(30)18-3-2-4-22(13-18)29-24-26-14-19(15-27-24)17-7-9-20(25)10-8-17/h2-15H,1H3,(H,28,30)(H,26,27,29). The quantitative estimate of drug-likeness (QED) is 0.460. The molecule has 0 saturated carbocycles. The molecule has 0 aliphatic heterocycles. The van der Waals surface area contributed by atoms with Crippen molar-refractivity contribution in [2.75, 3.05) is 10.6 Å². The average Bonchev–Trinajstić information content (AvgIpc) is 2.77.